The Morgan fingerprint density at radius 2 is 1.55 bits per heavy atom. The van der Waals surface area contributed by atoms with E-state index in [0.717, 1.165) is 25.1 Å². The SMILES string of the molecule is O=C(CNCCCc1ccccc1)Nc1ccccc1. The summed E-state index contributed by atoms with van der Waals surface area (Å²) in [6.07, 6.45) is 2.07. The molecule has 0 unspecified atom stereocenters. The van der Waals surface area contributed by atoms with Crippen molar-refractivity contribution in [1.29, 1.82) is 0 Å². The van der Waals surface area contributed by atoms with Gasteiger partial charge in [0.1, 0.15) is 0 Å². The summed E-state index contributed by atoms with van der Waals surface area (Å²) in [7, 11) is 0. The Kier molecular flexibility index (Phi) is 5.80. The molecule has 0 aliphatic rings. The van der Waals surface area contributed by atoms with Crippen LogP contribution in [-0.2, 0) is 11.2 Å². The topological polar surface area (TPSA) is 41.1 Å². The van der Waals surface area contributed by atoms with Crippen LogP contribution in [0.1, 0.15) is 12.0 Å². The quantitative estimate of drug-likeness (QED) is 0.758. The zero-order valence-corrected chi connectivity index (χ0v) is 11.5. The number of hydrogen-bond acceptors (Lipinski definition) is 2. The third-order valence-electron chi connectivity index (χ3n) is 3.00. The minimum absolute atomic E-state index is 0.00379. The van der Waals surface area contributed by atoms with Crippen molar-refractivity contribution in [2.45, 2.75) is 12.8 Å². The number of hydrogen-bond donors (Lipinski definition) is 2. The molecule has 0 atom stereocenters. The van der Waals surface area contributed by atoms with Gasteiger partial charge in [0.15, 0.2) is 0 Å². The van der Waals surface area contributed by atoms with Crippen LogP contribution in [0.25, 0.3) is 0 Å². The van der Waals surface area contributed by atoms with Gasteiger partial charge in [-0.3, -0.25) is 4.79 Å². The van der Waals surface area contributed by atoms with E-state index in [0.29, 0.717) is 6.54 Å². The van der Waals surface area contributed by atoms with Crippen molar-refractivity contribution in [1.82, 2.24) is 5.32 Å². The second kappa shape index (κ2) is 8.12. The van der Waals surface area contributed by atoms with Crippen LogP contribution in [-0.4, -0.2) is 19.0 Å². The van der Waals surface area contributed by atoms with Crippen molar-refractivity contribution in [3.05, 3.63) is 66.2 Å². The molecule has 3 nitrogen and oxygen atoms in total. The summed E-state index contributed by atoms with van der Waals surface area (Å²) in [5.41, 5.74) is 2.17. The van der Waals surface area contributed by atoms with Crippen LogP contribution in [0.3, 0.4) is 0 Å². The number of benzene rings is 2. The first-order valence-corrected chi connectivity index (χ1v) is 6.94. The lowest BCUT2D eigenvalue weighted by molar-refractivity contribution is -0.115. The monoisotopic (exact) mass is 268 g/mol. The molecule has 0 aromatic heterocycles. The molecule has 2 aromatic carbocycles. The maximum atomic E-state index is 11.7. The van der Waals surface area contributed by atoms with Gasteiger partial charge in [0.25, 0.3) is 0 Å². The number of para-hydroxylation sites is 1. The number of carbonyl (C=O) groups excluding carboxylic acids is 1. The maximum absolute atomic E-state index is 11.7. The Bertz CT molecular complexity index is 511. The van der Waals surface area contributed by atoms with Gasteiger partial charge in [-0.1, -0.05) is 48.5 Å². The molecule has 0 aliphatic heterocycles. The molecular formula is C17H20N2O. The lowest BCUT2D eigenvalue weighted by atomic mass is 10.1. The van der Waals surface area contributed by atoms with E-state index in [-0.39, 0.29) is 5.91 Å². The molecule has 104 valence electrons. The highest BCUT2D eigenvalue weighted by atomic mass is 16.1. The second-order valence-corrected chi connectivity index (χ2v) is 4.68. The molecule has 0 bridgehead atoms. The molecule has 3 heteroatoms. The van der Waals surface area contributed by atoms with Crippen molar-refractivity contribution in [2.24, 2.45) is 0 Å². The maximum Gasteiger partial charge on any atom is 0.238 e. The molecule has 0 spiro atoms. The zero-order chi connectivity index (χ0) is 14.0. The average molecular weight is 268 g/mol. The summed E-state index contributed by atoms with van der Waals surface area (Å²) in [6.45, 7) is 1.20. The fourth-order valence-electron chi connectivity index (χ4n) is 1.99. The number of anilines is 1. The van der Waals surface area contributed by atoms with Gasteiger partial charge in [-0.25, -0.2) is 0 Å². The Hall–Kier alpha value is -2.13. The van der Waals surface area contributed by atoms with Gasteiger partial charge < -0.3 is 10.6 Å². The smallest absolute Gasteiger partial charge is 0.238 e. The minimum atomic E-state index is -0.00379. The summed E-state index contributed by atoms with van der Waals surface area (Å²) >= 11 is 0. The third kappa shape index (κ3) is 5.24. The van der Waals surface area contributed by atoms with Crippen LogP contribution < -0.4 is 10.6 Å². The van der Waals surface area contributed by atoms with Crippen molar-refractivity contribution in [2.75, 3.05) is 18.4 Å². The molecule has 0 fully saturated rings. The fraction of sp³-hybridized carbons (Fsp3) is 0.235. The van der Waals surface area contributed by atoms with Gasteiger partial charge in [0.05, 0.1) is 6.54 Å². The van der Waals surface area contributed by atoms with Crippen LogP contribution in [0.5, 0.6) is 0 Å². The lowest BCUT2D eigenvalue weighted by Gasteiger charge is -2.06. The van der Waals surface area contributed by atoms with Crippen molar-refractivity contribution < 1.29 is 4.79 Å². The number of rotatable bonds is 7. The molecule has 2 aromatic rings. The Morgan fingerprint density at radius 1 is 0.900 bits per heavy atom. The lowest BCUT2D eigenvalue weighted by Crippen LogP contribution is -2.28. The molecule has 0 heterocycles. The van der Waals surface area contributed by atoms with Crippen molar-refractivity contribution in [3.63, 3.8) is 0 Å². The first-order valence-electron chi connectivity index (χ1n) is 6.94. The van der Waals surface area contributed by atoms with E-state index in [2.05, 4.69) is 34.9 Å². The first-order chi connectivity index (χ1) is 9.84. The van der Waals surface area contributed by atoms with Gasteiger partial charge in [-0.2, -0.15) is 0 Å². The average Bonchev–Trinajstić information content (AvgIpc) is 2.49. The van der Waals surface area contributed by atoms with Crippen LogP contribution in [0, 0.1) is 0 Å². The van der Waals surface area contributed by atoms with E-state index >= 15 is 0 Å². The molecule has 0 radical (unpaired) electrons. The number of amides is 1. The molecular weight excluding hydrogens is 248 g/mol. The molecule has 0 saturated heterocycles. The van der Waals surface area contributed by atoms with E-state index in [1.807, 2.05) is 36.4 Å². The van der Waals surface area contributed by atoms with E-state index in [4.69, 9.17) is 0 Å². The van der Waals surface area contributed by atoms with Gasteiger partial charge in [0, 0.05) is 5.69 Å². The van der Waals surface area contributed by atoms with Gasteiger partial charge in [-0.15, -0.1) is 0 Å². The van der Waals surface area contributed by atoms with E-state index in [9.17, 15) is 4.79 Å². The van der Waals surface area contributed by atoms with Crippen LogP contribution in [0.2, 0.25) is 0 Å². The normalized spacial score (nSPS) is 10.2. The number of nitrogens with one attached hydrogen (secondary N) is 2. The van der Waals surface area contributed by atoms with Gasteiger partial charge in [0.2, 0.25) is 5.91 Å². The number of aryl methyl sites for hydroxylation is 1. The van der Waals surface area contributed by atoms with Crippen molar-refractivity contribution in [3.8, 4) is 0 Å². The largest absolute Gasteiger partial charge is 0.325 e. The zero-order valence-electron chi connectivity index (χ0n) is 11.5. The molecule has 20 heavy (non-hydrogen) atoms. The highest BCUT2D eigenvalue weighted by molar-refractivity contribution is 5.92. The van der Waals surface area contributed by atoms with Gasteiger partial charge in [-0.05, 0) is 37.1 Å². The summed E-state index contributed by atoms with van der Waals surface area (Å²) < 4.78 is 0. The standard InChI is InChI=1S/C17H20N2O/c20-17(19-16-11-5-2-6-12-16)14-18-13-7-10-15-8-3-1-4-9-15/h1-6,8-9,11-12,18H,7,10,13-14H2,(H,19,20). The summed E-state index contributed by atoms with van der Waals surface area (Å²) in [5, 5.41) is 6.01. The number of carbonyl (C=O) groups is 1. The second-order valence-electron chi connectivity index (χ2n) is 4.68. The molecule has 1 amide bonds. The van der Waals surface area contributed by atoms with Crippen LogP contribution >= 0.6 is 0 Å². The molecule has 0 aliphatic carbocycles. The van der Waals surface area contributed by atoms with Crippen LogP contribution in [0.4, 0.5) is 5.69 Å². The molecule has 2 N–H and O–H groups in total. The summed E-state index contributed by atoms with van der Waals surface area (Å²) in [6, 6.07) is 19.9. The third-order valence-corrected chi connectivity index (χ3v) is 3.00. The summed E-state index contributed by atoms with van der Waals surface area (Å²) in [4.78, 5) is 11.7. The molecule has 0 saturated carbocycles. The minimum Gasteiger partial charge on any atom is -0.325 e. The Balaban J connectivity index is 1.58. The first kappa shape index (κ1) is 14.3. The predicted octanol–water partition coefficient (Wildman–Crippen LogP) is 2.85. The van der Waals surface area contributed by atoms with E-state index in [1.54, 1.807) is 0 Å². The van der Waals surface area contributed by atoms with Gasteiger partial charge >= 0.3 is 0 Å². The Morgan fingerprint density at radius 3 is 2.25 bits per heavy atom. The van der Waals surface area contributed by atoms with Crippen LogP contribution in [0.15, 0.2) is 60.7 Å². The molecule has 2 rings (SSSR count). The summed E-state index contributed by atoms with van der Waals surface area (Å²) in [5.74, 6) is -0.00379. The predicted molar refractivity (Wildman–Crippen MR) is 82.7 cm³/mol. The van der Waals surface area contributed by atoms with E-state index in [1.165, 1.54) is 5.56 Å². The highest BCUT2D eigenvalue weighted by Crippen LogP contribution is 2.04. The van der Waals surface area contributed by atoms with Crippen molar-refractivity contribution >= 4 is 11.6 Å². The fourth-order valence-corrected chi connectivity index (χ4v) is 1.99. The van der Waals surface area contributed by atoms with E-state index < -0.39 is 0 Å². The highest BCUT2D eigenvalue weighted by Gasteiger charge is 2.00. The Labute approximate surface area is 120 Å².